The maximum absolute atomic E-state index is 13.3. The smallest absolute Gasteiger partial charge is 0.413 e. The predicted molar refractivity (Wildman–Crippen MR) is 133 cm³/mol. The molecule has 4 aliphatic carbocycles. The monoisotopic (exact) mass is 534 g/mol. The normalized spacial score (nSPS) is 39.4. The zero-order valence-electron chi connectivity index (χ0n) is 22.5. The first-order chi connectivity index (χ1) is 15.6. The number of hydrogen-bond donors (Lipinski definition) is 0. The van der Waals surface area contributed by atoms with Gasteiger partial charge >= 0.3 is 15.6 Å². The van der Waals surface area contributed by atoms with Crippen molar-refractivity contribution in [2.75, 3.05) is 0 Å². The summed E-state index contributed by atoms with van der Waals surface area (Å²) >= 11 is 0. The van der Waals surface area contributed by atoms with E-state index in [0.29, 0.717) is 5.92 Å². The average molecular weight is 535 g/mol. The molecular weight excluding hydrogens is 493 g/mol. The molecule has 0 aromatic carbocycles. The topological polar surface area (TPSA) is 52.6 Å². The highest BCUT2D eigenvalue weighted by Crippen LogP contribution is 2.86. The lowest BCUT2D eigenvalue weighted by Crippen LogP contribution is -2.52. The fourth-order valence-corrected chi connectivity index (χ4v) is 9.39. The van der Waals surface area contributed by atoms with E-state index in [-0.39, 0.29) is 45.3 Å². The molecule has 0 N–H and O–H groups in total. The zero-order valence-corrected chi connectivity index (χ0v) is 24.3. The Labute approximate surface area is 210 Å². The number of allylic oxidation sites excluding steroid dienone is 3. The van der Waals surface area contributed by atoms with E-state index in [4.69, 9.17) is 8.61 Å². The minimum atomic E-state index is -5.75. The van der Waals surface area contributed by atoms with Crippen LogP contribution in [0.3, 0.4) is 0 Å². The second-order valence-corrected chi connectivity index (χ2v) is 19.9. The van der Waals surface area contributed by atoms with E-state index in [9.17, 15) is 21.6 Å². The minimum absolute atomic E-state index is 0.00478. The van der Waals surface area contributed by atoms with Gasteiger partial charge in [0, 0.05) is 11.8 Å². The third-order valence-corrected chi connectivity index (χ3v) is 15.8. The Bertz CT molecular complexity index is 1070. The highest BCUT2D eigenvalue weighted by molar-refractivity contribution is 7.87. The number of rotatable bonds is 5. The first kappa shape index (κ1) is 27.2. The van der Waals surface area contributed by atoms with Gasteiger partial charge in [-0.15, -0.1) is 0 Å². The molecule has 1 spiro atoms. The summed E-state index contributed by atoms with van der Waals surface area (Å²) < 4.78 is 75.8. The van der Waals surface area contributed by atoms with Gasteiger partial charge in [0.2, 0.25) is 0 Å². The SMILES string of the molecule is CC(C)C1=CC[C@]2(C)CC[C@@]3(C)[C@H](O[Si](C)(C)C(C)(C)C)CC(OS(=O)(=O)C(F)(F)F)=CC4[C@H]3C142. The lowest BCUT2D eigenvalue weighted by atomic mass is 9.56. The van der Waals surface area contributed by atoms with Crippen LogP contribution >= 0.6 is 0 Å². The molecule has 0 aromatic rings. The summed E-state index contributed by atoms with van der Waals surface area (Å²) in [4.78, 5) is 0. The van der Waals surface area contributed by atoms with E-state index in [1.165, 1.54) is 5.57 Å². The summed E-state index contributed by atoms with van der Waals surface area (Å²) in [6.45, 7) is 19.6. The molecule has 0 bridgehead atoms. The van der Waals surface area contributed by atoms with E-state index < -0.39 is 30.0 Å². The van der Waals surface area contributed by atoms with Crippen molar-refractivity contribution < 1.29 is 30.2 Å². The second kappa shape index (κ2) is 7.62. The van der Waals surface area contributed by atoms with Crippen LogP contribution in [0.2, 0.25) is 18.1 Å². The Hall–Kier alpha value is -0.803. The highest BCUT2D eigenvalue weighted by Gasteiger charge is 2.82. The number of halogens is 3. The maximum Gasteiger partial charge on any atom is 0.534 e. The molecule has 35 heavy (non-hydrogen) atoms. The lowest BCUT2D eigenvalue weighted by Gasteiger charge is -2.52. The lowest BCUT2D eigenvalue weighted by molar-refractivity contribution is -0.0550. The van der Waals surface area contributed by atoms with Crippen LogP contribution < -0.4 is 0 Å². The summed E-state index contributed by atoms with van der Waals surface area (Å²) in [7, 11) is -8.07. The molecular formula is C26H41F3O4SSi. The van der Waals surface area contributed by atoms with E-state index in [1.54, 1.807) is 6.08 Å². The fourth-order valence-electron chi connectivity index (χ4n) is 7.47. The van der Waals surface area contributed by atoms with Crippen molar-refractivity contribution in [1.29, 1.82) is 0 Å². The van der Waals surface area contributed by atoms with Crippen LogP contribution in [0.5, 0.6) is 0 Å². The van der Waals surface area contributed by atoms with Crippen molar-refractivity contribution in [1.82, 2.24) is 0 Å². The number of hydrogen-bond acceptors (Lipinski definition) is 4. The zero-order chi connectivity index (χ0) is 26.6. The molecule has 6 atom stereocenters. The van der Waals surface area contributed by atoms with Crippen molar-refractivity contribution >= 4 is 18.4 Å². The van der Waals surface area contributed by atoms with Crippen LogP contribution in [-0.4, -0.2) is 28.3 Å². The Kier molecular flexibility index (Phi) is 5.93. The summed E-state index contributed by atoms with van der Waals surface area (Å²) in [6, 6.07) is 0. The molecule has 4 rings (SSSR count). The van der Waals surface area contributed by atoms with E-state index in [2.05, 4.69) is 67.6 Å². The Morgan fingerprint density at radius 3 is 2.23 bits per heavy atom. The molecule has 200 valence electrons. The van der Waals surface area contributed by atoms with Gasteiger partial charge in [0.25, 0.3) is 0 Å². The first-order valence-electron chi connectivity index (χ1n) is 12.7. The first-order valence-corrected chi connectivity index (χ1v) is 17.1. The van der Waals surface area contributed by atoms with E-state index >= 15 is 0 Å². The fraction of sp³-hybridized carbons (Fsp3) is 0.846. The second-order valence-electron chi connectivity index (χ2n) is 13.6. The van der Waals surface area contributed by atoms with Gasteiger partial charge in [0.05, 0.1) is 6.10 Å². The van der Waals surface area contributed by atoms with Crippen LogP contribution in [-0.2, 0) is 18.7 Å². The quantitative estimate of drug-likeness (QED) is 0.158. The van der Waals surface area contributed by atoms with Gasteiger partial charge < -0.3 is 8.61 Å². The van der Waals surface area contributed by atoms with Crippen LogP contribution in [0.4, 0.5) is 13.2 Å². The van der Waals surface area contributed by atoms with Gasteiger partial charge in [0.15, 0.2) is 8.32 Å². The van der Waals surface area contributed by atoms with Gasteiger partial charge in [-0.1, -0.05) is 60.1 Å². The van der Waals surface area contributed by atoms with Gasteiger partial charge in [-0.3, -0.25) is 0 Å². The standard InChI is InChI=1S/C26H41F3O4SSi/c1-16(2)18-10-11-23(6)12-13-24(7)20(33-35(8,9)22(3,4)5)15-17(14-19-21(24)25(18,19)23)32-34(30,31)26(27,28)29/h10,14,16,19-21H,11-13,15H2,1-9H3/t19?,20-,21-,23-,24+,25?/m1/s1. The molecule has 0 saturated heterocycles. The van der Waals surface area contributed by atoms with Gasteiger partial charge in [-0.05, 0) is 72.1 Å². The maximum atomic E-state index is 13.3. The van der Waals surface area contributed by atoms with Crippen LogP contribution in [0.1, 0.15) is 74.1 Å². The molecule has 4 nitrogen and oxygen atoms in total. The molecule has 2 unspecified atom stereocenters. The summed E-state index contributed by atoms with van der Waals surface area (Å²) in [5.41, 5.74) is -4.57. The van der Waals surface area contributed by atoms with Crippen molar-refractivity contribution in [3.05, 3.63) is 23.5 Å². The summed E-state index contributed by atoms with van der Waals surface area (Å²) in [5.74, 6) is 0.334. The Morgan fingerprint density at radius 1 is 1.11 bits per heavy atom. The van der Waals surface area contributed by atoms with Crippen LogP contribution in [0.25, 0.3) is 0 Å². The highest BCUT2D eigenvalue weighted by atomic mass is 32.2. The van der Waals surface area contributed by atoms with Crippen LogP contribution in [0.15, 0.2) is 23.5 Å². The average Bonchev–Trinajstić information content (AvgIpc) is 3.24. The molecule has 4 aliphatic rings. The third kappa shape index (κ3) is 3.72. The van der Waals surface area contributed by atoms with Gasteiger partial charge in [-0.2, -0.15) is 21.6 Å². The van der Waals surface area contributed by atoms with E-state index in [1.807, 2.05) is 0 Å². The Balaban J connectivity index is 1.85. The Morgan fingerprint density at radius 2 is 1.71 bits per heavy atom. The molecule has 0 aromatic heterocycles. The summed E-state index contributed by atoms with van der Waals surface area (Å²) in [6.07, 6.45) is 6.57. The summed E-state index contributed by atoms with van der Waals surface area (Å²) in [5, 5.41) is -0.0986. The molecule has 0 amide bonds. The van der Waals surface area contributed by atoms with Crippen molar-refractivity contribution in [3.8, 4) is 0 Å². The molecule has 9 heteroatoms. The largest absolute Gasteiger partial charge is 0.534 e. The van der Waals surface area contributed by atoms with Crippen molar-refractivity contribution in [2.45, 2.75) is 104 Å². The molecule has 2 fully saturated rings. The third-order valence-electron chi connectivity index (χ3n) is 10.3. The molecule has 0 heterocycles. The molecule has 0 aliphatic heterocycles. The number of alkyl halides is 3. The molecule has 2 saturated carbocycles. The van der Waals surface area contributed by atoms with Crippen molar-refractivity contribution in [3.63, 3.8) is 0 Å². The molecule has 0 radical (unpaired) electrons. The van der Waals surface area contributed by atoms with Crippen LogP contribution in [0, 0.1) is 34.0 Å². The van der Waals surface area contributed by atoms with Gasteiger partial charge in [0.1, 0.15) is 5.76 Å². The van der Waals surface area contributed by atoms with Gasteiger partial charge in [-0.25, -0.2) is 0 Å². The van der Waals surface area contributed by atoms with Crippen molar-refractivity contribution in [2.24, 2.45) is 34.0 Å². The van der Waals surface area contributed by atoms with E-state index in [0.717, 1.165) is 19.3 Å². The minimum Gasteiger partial charge on any atom is -0.413 e. The predicted octanol–water partition coefficient (Wildman–Crippen LogP) is 7.56.